The van der Waals surface area contributed by atoms with Crippen LogP contribution < -0.4 is 19.5 Å². The second-order valence-corrected chi connectivity index (χ2v) is 5.81. The van der Waals surface area contributed by atoms with E-state index in [2.05, 4.69) is 5.32 Å². The Hall–Kier alpha value is -3.48. The zero-order valence-corrected chi connectivity index (χ0v) is 14.2. The van der Waals surface area contributed by atoms with Crippen molar-refractivity contribution in [1.82, 2.24) is 4.90 Å². The largest absolute Gasteiger partial charge is 0.496 e. The molecule has 0 atom stereocenters. The summed E-state index contributed by atoms with van der Waals surface area (Å²) in [7, 11) is 2.98. The van der Waals surface area contributed by atoms with Gasteiger partial charge in [-0.3, -0.25) is 14.5 Å². The third-order valence-electron chi connectivity index (χ3n) is 4.31. The second kappa shape index (κ2) is 6.11. The minimum Gasteiger partial charge on any atom is -0.496 e. The van der Waals surface area contributed by atoms with Crippen LogP contribution in [-0.4, -0.2) is 37.7 Å². The maximum absolute atomic E-state index is 12.7. The van der Waals surface area contributed by atoms with Crippen LogP contribution in [0.5, 0.6) is 17.2 Å². The highest BCUT2D eigenvalue weighted by atomic mass is 16.7. The molecule has 0 aliphatic carbocycles. The molecule has 7 heteroatoms. The first-order chi connectivity index (χ1) is 12.6. The maximum atomic E-state index is 12.7. The van der Waals surface area contributed by atoms with E-state index in [1.165, 1.54) is 14.2 Å². The SMILES string of the molecule is COc1ccccc1C1=C(Nc2ccc3c(c2)OCO3)C(=O)N(C)C1=O. The zero-order valence-electron chi connectivity index (χ0n) is 14.2. The van der Waals surface area contributed by atoms with Crippen LogP contribution in [0.25, 0.3) is 5.57 Å². The fourth-order valence-electron chi connectivity index (χ4n) is 2.98. The standard InChI is InChI=1S/C19H16N2O5/c1-21-18(22)16(12-5-3-4-6-13(12)24-2)17(19(21)23)20-11-7-8-14-15(9-11)26-10-25-14/h3-9,20H,10H2,1-2H3. The van der Waals surface area contributed by atoms with Crippen molar-refractivity contribution in [2.75, 3.05) is 26.3 Å². The van der Waals surface area contributed by atoms with Crippen molar-refractivity contribution in [2.45, 2.75) is 0 Å². The highest BCUT2D eigenvalue weighted by molar-refractivity contribution is 6.36. The molecule has 2 aromatic rings. The summed E-state index contributed by atoms with van der Waals surface area (Å²) in [5, 5.41) is 3.06. The molecule has 26 heavy (non-hydrogen) atoms. The van der Waals surface area contributed by atoms with Crippen LogP contribution in [0.1, 0.15) is 5.56 Å². The fraction of sp³-hybridized carbons (Fsp3) is 0.158. The molecule has 2 aromatic carbocycles. The van der Waals surface area contributed by atoms with Gasteiger partial charge in [0, 0.05) is 24.4 Å². The summed E-state index contributed by atoms with van der Waals surface area (Å²) in [5.74, 6) is 0.945. The lowest BCUT2D eigenvalue weighted by molar-refractivity contribution is -0.135. The summed E-state index contributed by atoms with van der Waals surface area (Å²) in [4.78, 5) is 26.4. The highest BCUT2D eigenvalue weighted by Gasteiger charge is 2.38. The second-order valence-electron chi connectivity index (χ2n) is 5.81. The Morgan fingerprint density at radius 3 is 2.62 bits per heavy atom. The van der Waals surface area contributed by atoms with Gasteiger partial charge in [-0.05, 0) is 18.2 Å². The lowest BCUT2D eigenvalue weighted by Crippen LogP contribution is -2.27. The highest BCUT2D eigenvalue weighted by Crippen LogP contribution is 2.37. The topological polar surface area (TPSA) is 77.1 Å². The third kappa shape index (κ3) is 2.45. The number of rotatable bonds is 4. The number of ether oxygens (including phenoxy) is 3. The number of nitrogens with one attached hydrogen (secondary N) is 1. The summed E-state index contributed by atoms with van der Waals surface area (Å²) in [6, 6.07) is 12.3. The summed E-state index contributed by atoms with van der Waals surface area (Å²) >= 11 is 0. The summed E-state index contributed by atoms with van der Waals surface area (Å²) in [5.41, 5.74) is 1.64. The number of hydrogen-bond acceptors (Lipinski definition) is 6. The molecule has 132 valence electrons. The summed E-state index contributed by atoms with van der Waals surface area (Å²) in [6.45, 7) is 0.161. The number of hydrogen-bond donors (Lipinski definition) is 1. The molecule has 0 spiro atoms. The van der Waals surface area contributed by atoms with Gasteiger partial charge < -0.3 is 19.5 Å². The summed E-state index contributed by atoms with van der Waals surface area (Å²) < 4.78 is 16.0. The Balaban J connectivity index is 1.80. The molecule has 2 aliphatic rings. The Morgan fingerprint density at radius 2 is 1.81 bits per heavy atom. The van der Waals surface area contributed by atoms with Crippen molar-refractivity contribution >= 4 is 23.1 Å². The van der Waals surface area contributed by atoms with E-state index in [-0.39, 0.29) is 24.0 Å². The van der Waals surface area contributed by atoms with Crippen molar-refractivity contribution in [3.8, 4) is 17.2 Å². The van der Waals surface area contributed by atoms with E-state index in [9.17, 15) is 9.59 Å². The van der Waals surface area contributed by atoms with Crippen LogP contribution in [0, 0.1) is 0 Å². The van der Waals surface area contributed by atoms with Gasteiger partial charge in [0.05, 0.1) is 12.7 Å². The Morgan fingerprint density at radius 1 is 1.04 bits per heavy atom. The monoisotopic (exact) mass is 352 g/mol. The number of imide groups is 1. The molecule has 0 radical (unpaired) electrons. The average molecular weight is 352 g/mol. The molecule has 0 unspecified atom stereocenters. The van der Waals surface area contributed by atoms with Crippen LogP contribution in [0.15, 0.2) is 48.2 Å². The normalized spacial score (nSPS) is 15.7. The van der Waals surface area contributed by atoms with Crippen LogP contribution >= 0.6 is 0 Å². The predicted molar refractivity (Wildman–Crippen MR) is 93.9 cm³/mol. The molecule has 0 saturated heterocycles. The fourth-order valence-corrected chi connectivity index (χ4v) is 2.98. The van der Waals surface area contributed by atoms with Gasteiger partial charge in [-0.1, -0.05) is 18.2 Å². The molecule has 0 bridgehead atoms. The van der Waals surface area contributed by atoms with Gasteiger partial charge in [0.2, 0.25) is 6.79 Å². The molecule has 4 rings (SSSR count). The van der Waals surface area contributed by atoms with E-state index in [1.807, 2.05) is 0 Å². The Kier molecular flexibility index (Phi) is 3.76. The van der Waals surface area contributed by atoms with Crippen LogP contribution in [0.3, 0.4) is 0 Å². The molecule has 0 saturated carbocycles. The predicted octanol–water partition coefficient (Wildman–Crippen LogP) is 2.25. The number of carbonyl (C=O) groups is 2. The van der Waals surface area contributed by atoms with Crippen molar-refractivity contribution in [3.63, 3.8) is 0 Å². The average Bonchev–Trinajstić information content (AvgIpc) is 3.21. The molecule has 0 fully saturated rings. The van der Waals surface area contributed by atoms with Crippen molar-refractivity contribution in [2.24, 2.45) is 0 Å². The molecular weight excluding hydrogens is 336 g/mol. The molecule has 2 aliphatic heterocycles. The Labute approximate surface area is 149 Å². The first-order valence-electron chi connectivity index (χ1n) is 7.97. The molecule has 1 N–H and O–H groups in total. The number of anilines is 1. The summed E-state index contributed by atoms with van der Waals surface area (Å²) in [6.07, 6.45) is 0. The maximum Gasteiger partial charge on any atom is 0.277 e. The molecule has 2 heterocycles. The van der Waals surface area contributed by atoms with Crippen LogP contribution in [-0.2, 0) is 9.59 Å². The van der Waals surface area contributed by atoms with E-state index in [0.717, 1.165) is 4.90 Å². The van der Waals surface area contributed by atoms with Crippen molar-refractivity contribution in [3.05, 3.63) is 53.7 Å². The lowest BCUT2D eigenvalue weighted by atomic mass is 10.0. The molecule has 2 amide bonds. The van der Waals surface area contributed by atoms with Gasteiger partial charge in [0.25, 0.3) is 11.8 Å². The van der Waals surface area contributed by atoms with Crippen LogP contribution in [0.4, 0.5) is 5.69 Å². The smallest absolute Gasteiger partial charge is 0.277 e. The minimum atomic E-state index is -0.409. The number of fused-ring (bicyclic) bond motifs is 1. The quantitative estimate of drug-likeness (QED) is 0.851. The molecular formula is C19H16N2O5. The number of likely N-dealkylation sites (N-methyl/N-ethyl adjacent to an activating group) is 1. The Bertz CT molecular complexity index is 951. The van der Waals surface area contributed by atoms with E-state index in [4.69, 9.17) is 14.2 Å². The number of methoxy groups -OCH3 is 1. The van der Waals surface area contributed by atoms with Crippen molar-refractivity contribution < 1.29 is 23.8 Å². The number of benzene rings is 2. The van der Waals surface area contributed by atoms with Gasteiger partial charge in [-0.25, -0.2) is 0 Å². The lowest BCUT2D eigenvalue weighted by Gasteiger charge is -2.11. The number of carbonyl (C=O) groups excluding carboxylic acids is 2. The zero-order chi connectivity index (χ0) is 18.3. The number of nitrogens with zero attached hydrogens (tertiary/aromatic N) is 1. The number of amides is 2. The number of para-hydroxylation sites is 1. The van der Waals surface area contributed by atoms with Gasteiger partial charge in [0.1, 0.15) is 11.4 Å². The van der Waals surface area contributed by atoms with E-state index >= 15 is 0 Å². The first kappa shape index (κ1) is 16.0. The molecule has 7 nitrogen and oxygen atoms in total. The van der Waals surface area contributed by atoms with Gasteiger partial charge in [-0.15, -0.1) is 0 Å². The third-order valence-corrected chi connectivity index (χ3v) is 4.31. The minimum absolute atomic E-state index is 0.161. The van der Waals surface area contributed by atoms with Crippen LogP contribution in [0.2, 0.25) is 0 Å². The van der Waals surface area contributed by atoms with E-state index in [1.54, 1.807) is 42.5 Å². The first-order valence-corrected chi connectivity index (χ1v) is 7.97. The molecule has 0 aromatic heterocycles. The van der Waals surface area contributed by atoms with Crippen molar-refractivity contribution in [1.29, 1.82) is 0 Å². The van der Waals surface area contributed by atoms with Gasteiger partial charge in [0.15, 0.2) is 11.5 Å². The van der Waals surface area contributed by atoms with Gasteiger partial charge in [-0.2, -0.15) is 0 Å². The van der Waals surface area contributed by atoms with E-state index < -0.39 is 5.91 Å². The van der Waals surface area contributed by atoms with Gasteiger partial charge >= 0.3 is 0 Å². The van der Waals surface area contributed by atoms with E-state index in [0.29, 0.717) is 28.5 Å².